The number of hydrogen-bond acceptors (Lipinski definition) is 1. The highest BCUT2D eigenvalue weighted by Crippen LogP contribution is 2.30. The first-order chi connectivity index (χ1) is 9.79. The summed E-state index contributed by atoms with van der Waals surface area (Å²) in [6, 6.07) is 21.8. The maximum atomic E-state index is 3.21. The summed E-state index contributed by atoms with van der Waals surface area (Å²) < 4.78 is 0. The summed E-state index contributed by atoms with van der Waals surface area (Å²) in [6.45, 7) is 3.07. The Balaban J connectivity index is 2.19. The molecule has 0 bridgehead atoms. The second-order valence-corrected chi connectivity index (χ2v) is 5.21. The van der Waals surface area contributed by atoms with Crippen molar-refractivity contribution in [2.24, 2.45) is 0 Å². The van der Waals surface area contributed by atoms with Gasteiger partial charge in [0.05, 0.1) is 0 Å². The van der Waals surface area contributed by atoms with Gasteiger partial charge >= 0.3 is 0 Å². The lowest BCUT2D eigenvalue weighted by molar-refractivity contribution is 0.818. The summed E-state index contributed by atoms with van der Waals surface area (Å²) >= 11 is 0. The van der Waals surface area contributed by atoms with E-state index in [2.05, 4.69) is 72.9 Å². The minimum Gasteiger partial charge on any atom is -0.316 e. The van der Waals surface area contributed by atoms with Crippen molar-refractivity contribution in [1.82, 2.24) is 5.32 Å². The third-order valence-corrected chi connectivity index (χ3v) is 3.76. The summed E-state index contributed by atoms with van der Waals surface area (Å²) in [5.74, 6) is 0. The maximum Gasteiger partial charge on any atom is 0.0202 e. The number of nitrogens with one attached hydrogen (secondary N) is 1. The molecule has 0 aromatic heterocycles. The molecule has 1 N–H and O–H groups in total. The fourth-order valence-corrected chi connectivity index (χ4v) is 2.75. The van der Waals surface area contributed by atoms with Crippen molar-refractivity contribution in [3.8, 4) is 11.1 Å². The highest BCUT2D eigenvalue weighted by molar-refractivity contribution is 5.98. The smallest absolute Gasteiger partial charge is 0.0202 e. The molecular weight excluding hydrogens is 242 g/mol. The van der Waals surface area contributed by atoms with Crippen LogP contribution in [0.15, 0.2) is 60.7 Å². The highest BCUT2D eigenvalue weighted by atomic mass is 14.8. The van der Waals surface area contributed by atoms with Gasteiger partial charge in [0.2, 0.25) is 0 Å². The number of hydrogen-bond donors (Lipinski definition) is 1. The monoisotopic (exact) mass is 261 g/mol. The minimum atomic E-state index is 0.900. The Kier molecular flexibility index (Phi) is 3.53. The average molecular weight is 261 g/mol. The molecule has 1 nitrogen and oxygen atoms in total. The van der Waals surface area contributed by atoms with Crippen LogP contribution in [0.4, 0.5) is 0 Å². The number of rotatable bonds is 3. The first kappa shape index (κ1) is 12.9. The number of aryl methyl sites for hydroxylation is 1. The van der Waals surface area contributed by atoms with Crippen molar-refractivity contribution in [3.05, 3.63) is 71.8 Å². The highest BCUT2D eigenvalue weighted by Gasteiger charge is 2.05. The van der Waals surface area contributed by atoms with Crippen molar-refractivity contribution in [1.29, 1.82) is 0 Å². The van der Waals surface area contributed by atoms with E-state index in [4.69, 9.17) is 0 Å². The molecule has 0 saturated carbocycles. The Morgan fingerprint density at radius 2 is 1.65 bits per heavy atom. The molecule has 3 aromatic carbocycles. The lowest BCUT2D eigenvalue weighted by Gasteiger charge is -2.10. The lowest BCUT2D eigenvalue weighted by atomic mass is 9.95. The van der Waals surface area contributed by atoms with E-state index >= 15 is 0 Å². The molecule has 0 aliphatic heterocycles. The zero-order valence-electron chi connectivity index (χ0n) is 12.0. The van der Waals surface area contributed by atoms with Gasteiger partial charge in [-0.05, 0) is 53.1 Å². The Morgan fingerprint density at radius 1 is 0.850 bits per heavy atom. The fourth-order valence-electron chi connectivity index (χ4n) is 2.75. The van der Waals surface area contributed by atoms with E-state index < -0.39 is 0 Å². The zero-order chi connectivity index (χ0) is 13.9. The number of fused-ring (bicyclic) bond motifs is 1. The van der Waals surface area contributed by atoms with Gasteiger partial charge in [-0.1, -0.05) is 54.6 Å². The van der Waals surface area contributed by atoms with Gasteiger partial charge in [-0.3, -0.25) is 0 Å². The summed E-state index contributed by atoms with van der Waals surface area (Å²) in [5, 5.41) is 5.87. The standard InChI is InChI=1S/C19H19N/c1-14-10-11-18(19-9-4-3-8-17(14)19)16-7-5-6-15(12-16)13-20-2/h3-12,20H,13H2,1-2H3. The van der Waals surface area contributed by atoms with Crippen molar-refractivity contribution in [2.75, 3.05) is 7.05 Å². The van der Waals surface area contributed by atoms with E-state index in [1.165, 1.54) is 33.0 Å². The third-order valence-electron chi connectivity index (χ3n) is 3.76. The largest absolute Gasteiger partial charge is 0.316 e. The molecule has 0 saturated heterocycles. The molecular formula is C19H19N. The minimum absolute atomic E-state index is 0.900. The van der Waals surface area contributed by atoms with Crippen molar-refractivity contribution >= 4 is 10.8 Å². The molecule has 0 fully saturated rings. The molecule has 0 heterocycles. The van der Waals surface area contributed by atoms with E-state index in [1.54, 1.807) is 0 Å². The first-order valence-electron chi connectivity index (χ1n) is 7.02. The zero-order valence-corrected chi connectivity index (χ0v) is 12.0. The molecule has 0 spiro atoms. The van der Waals surface area contributed by atoms with Gasteiger partial charge in [-0.25, -0.2) is 0 Å². The van der Waals surface area contributed by atoms with E-state index in [0.29, 0.717) is 0 Å². The van der Waals surface area contributed by atoms with E-state index in [9.17, 15) is 0 Å². The Morgan fingerprint density at radius 3 is 2.45 bits per heavy atom. The van der Waals surface area contributed by atoms with Gasteiger partial charge in [-0.2, -0.15) is 0 Å². The molecule has 0 amide bonds. The predicted octanol–water partition coefficient (Wildman–Crippen LogP) is 4.53. The van der Waals surface area contributed by atoms with E-state index in [1.807, 2.05) is 7.05 Å². The Hall–Kier alpha value is -2.12. The van der Waals surface area contributed by atoms with Crippen LogP contribution in [0.1, 0.15) is 11.1 Å². The first-order valence-corrected chi connectivity index (χ1v) is 7.02. The van der Waals surface area contributed by atoms with Gasteiger partial charge in [0.25, 0.3) is 0 Å². The van der Waals surface area contributed by atoms with Crippen LogP contribution in [0, 0.1) is 6.92 Å². The fraction of sp³-hybridized carbons (Fsp3) is 0.158. The molecule has 0 unspecified atom stereocenters. The molecule has 100 valence electrons. The second-order valence-electron chi connectivity index (χ2n) is 5.21. The maximum absolute atomic E-state index is 3.21. The van der Waals surface area contributed by atoms with Crippen molar-refractivity contribution in [2.45, 2.75) is 13.5 Å². The third kappa shape index (κ3) is 2.33. The van der Waals surface area contributed by atoms with Gasteiger partial charge in [0.1, 0.15) is 0 Å². The molecule has 3 aromatic rings. The van der Waals surface area contributed by atoms with Crippen LogP contribution in [0.2, 0.25) is 0 Å². The van der Waals surface area contributed by atoms with Gasteiger partial charge in [0, 0.05) is 6.54 Å². The summed E-state index contributed by atoms with van der Waals surface area (Å²) in [4.78, 5) is 0. The van der Waals surface area contributed by atoms with Crippen LogP contribution in [0.3, 0.4) is 0 Å². The SMILES string of the molecule is CNCc1cccc(-c2ccc(C)c3ccccc23)c1. The van der Waals surface area contributed by atoms with Crippen LogP contribution in [-0.2, 0) is 6.54 Å². The molecule has 0 atom stereocenters. The van der Waals surface area contributed by atoms with E-state index in [0.717, 1.165) is 6.54 Å². The summed E-state index contributed by atoms with van der Waals surface area (Å²) in [7, 11) is 1.98. The van der Waals surface area contributed by atoms with Gasteiger partial charge in [0.15, 0.2) is 0 Å². The molecule has 0 radical (unpaired) electrons. The van der Waals surface area contributed by atoms with Crippen LogP contribution in [0.25, 0.3) is 21.9 Å². The van der Waals surface area contributed by atoms with Crippen LogP contribution >= 0.6 is 0 Å². The lowest BCUT2D eigenvalue weighted by Crippen LogP contribution is -2.04. The Bertz CT molecular complexity index is 744. The van der Waals surface area contributed by atoms with Gasteiger partial charge < -0.3 is 5.32 Å². The topological polar surface area (TPSA) is 12.0 Å². The molecule has 1 heteroatoms. The van der Waals surface area contributed by atoms with Gasteiger partial charge in [-0.15, -0.1) is 0 Å². The molecule has 0 aliphatic rings. The summed E-state index contributed by atoms with van der Waals surface area (Å²) in [6.07, 6.45) is 0. The van der Waals surface area contributed by atoms with E-state index in [-0.39, 0.29) is 0 Å². The Labute approximate surface area is 120 Å². The van der Waals surface area contributed by atoms with Crippen LogP contribution < -0.4 is 5.32 Å². The average Bonchev–Trinajstić information content (AvgIpc) is 2.49. The van der Waals surface area contributed by atoms with Crippen LogP contribution in [-0.4, -0.2) is 7.05 Å². The number of benzene rings is 3. The molecule has 20 heavy (non-hydrogen) atoms. The normalized spacial score (nSPS) is 10.9. The van der Waals surface area contributed by atoms with Crippen molar-refractivity contribution in [3.63, 3.8) is 0 Å². The molecule has 3 rings (SSSR count). The van der Waals surface area contributed by atoms with Crippen molar-refractivity contribution < 1.29 is 0 Å². The second kappa shape index (κ2) is 5.48. The molecule has 0 aliphatic carbocycles. The quantitative estimate of drug-likeness (QED) is 0.730. The van der Waals surface area contributed by atoms with Crippen LogP contribution in [0.5, 0.6) is 0 Å². The predicted molar refractivity (Wildman–Crippen MR) is 86.9 cm³/mol. The summed E-state index contributed by atoms with van der Waals surface area (Å²) in [5.41, 5.74) is 5.24.